The highest BCUT2D eigenvalue weighted by molar-refractivity contribution is 6.31. The van der Waals surface area contributed by atoms with E-state index in [-0.39, 0.29) is 28.2 Å². The van der Waals surface area contributed by atoms with E-state index in [1.54, 1.807) is 6.07 Å². The molecule has 3 aromatic heterocycles. The van der Waals surface area contributed by atoms with E-state index in [0.29, 0.717) is 16.8 Å². The number of alkyl halides is 3. The molecule has 0 atom stereocenters. The number of anilines is 2. The fourth-order valence-corrected chi connectivity index (χ4v) is 3.42. The van der Waals surface area contributed by atoms with E-state index in [1.165, 1.54) is 44.8 Å². The molecule has 9 nitrogen and oxygen atoms in total. The summed E-state index contributed by atoms with van der Waals surface area (Å²) in [6, 6.07) is 6.21. The number of rotatable bonds is 7. The van der Waals surface area contributed by atoms with Crippen LogP contribution in [0.25, 0.3) is 23.0 Å². The second kappa shape index (κ2) is 10.8. The Labute approximate surface area is 217 Å². The van der Waals surface area contributed by atoms with Gasteiger partial charge in [0.1, 0.15) is 5.82 Å². The molecule has 0 amide bonds. The minimum Gasteiger partial charge on any atom is -0.481 e. The number of aromatic nitrogens is 5. The predicted octanol–water partition coefficient (Wildman–Crippen LogP) is 5.47. The minimum atomic E-state index is -4.68. The molecule has 1 N–H and O–H groups in total. The molecule has 4 rings (SSSR count). The first-order chi connectivity index (χ1) is 18.1. The first-order valence-electron chi connectivity index (χ1n) is 10.6. The Morgan fingerprint density at radius 2 is 1.92 bits per heavy atom. The van der Waals surface area contributed by atoms with Gasteiger partial charge in [0, 0.05) is 47.0 Å². The van der Waals surface area contributed by atoms with Crippen LogP contribution in [0, 0.1) is 5.82 Å². The number of methoxy groups -OCH3 is 2. The summed E-state index contributed by atoms with van der Waals surface area (Å²) in [7, 11) is 2.60. The van der Waals surface area contributed by atoms with Gasteiger partial charge in [0.25, 0.3) is 0 Å². The molecule has 0 unspecified atom stereocenters. The van der Waals surface area contributed by atoms with Crippen molar-refractivity contribution in [2.24, 2.45) is 0 Å². The third-order valence-corrected chi connectivity index (χ3v) is 5.31. The zero-order valence-corrected chi connectivity index (χ0v) is 20.4. The molecule has 4 aromatic rings. The summed E-state index contributed by atoms with van der Waals surface area (Å²) in [4.78, 5) is 24.3. The molecular formula is C24H17ClF4N6O3. The van der Waals surface area contributed by atoms with Crippen LogP contribution in [0.2, 0.25) is 5.02 Å². The molecule has 0 bridgehead atoms. The van der Waals surface area contributed by atoms with Crippen LogP contribution in [0.4, 0.5) is 29.2 Å². The molecule has 0 aliphatic carbocycles. The molecule has 0 aliphatic heterocycles. The third-order valence-electron chi connectivity index (χ3n) is 5.02. The lowest BCUT2D eigenvalue weighted by molar-refractivity contribution is -0.141. The summed E-state index contributed by atoms with van der Waals surface area (Å²) >= 11 is 5.82. The van der Waals surface area contributed by atoms with Gasteiger partial charge in [0.15, 0.2) is 11.5 Å². The van der Waals surface area contributed by atoms with Crippen molar-refractivity contribution in [2.75, 3.05) is 19.5 Å². The topological polar surface area (TPSA) is 104 Å². The summed E-state index contributed by atoms with van der Waals surface area (Å²) in [5.41, 5.74) is 0.225. The molecule has 1 aromatic carbocycles. The molecule has 0 saturated carbocycles. The monoisotopic (exact) mass is 548 g/mol. The summed E-state index contributed by atoms with van der Waals surface area (Å²) in [5.74, 6) is -1.12. The summed E-state index contributed by atoms with van der Waals surface area (Å²) < 4.78 is 64.1. The zero-order chi connectivity index (χ0) is 27.4. The molecule has 196 valence electrons. The van der Waals surface area contributed by atoms with E-state index in [1.807, 2.05) is 0 Å². The fourth-order valence-electron chi connectivity index (χ4n) is 3.24. The number of hydrogen-bond donors (Lipinski definition) is 1. The molecular weight excluding hydrogens is 532 g/mol. The van der Waals surface area contributed by atoms with Crippen molar-refractivity contribution < 1.29 is 31.8 Å². The van der Waals surface area contributed by atoms with E-state index >= 15 is 0 Å². The number of nitrogens with zero attached hydrogens (tertiary/aromatic N) is 5. The molecule has 0 radical (unpaired) electrons. The van der Waals surface area contributed by atoms with Gasteiger partial charge in [-0.2, -0.15) is 23.3 Å². The van der Waals surface area contributed by atoms with Gasteiger partial charge in [-0.1, -0.05) is 11.6 Å². The Bertz CT molecular complexity index is 1520. The van der Waals surface area contributed by atoms with Gasteiger partial charge in [0.05, 0.1) is 19.2 Å². The smallest absolute Gasteiger partial charge is 0.435 e. The zero-order valence-electron chi connectivity index (χ0n) is 19.6. The number of esters is 1. The Hall–Kier alpha value is -4.52. The number of ether oxygens (including phenoxy) is 2. The first-order valence-corrected chi connectivity index (χ1v) is 11.0. The molecule has 14 heteroatoms. The van der Waals surface area contributed by atoms with Gasteiger partial charge in [-0.25, -0.2) is 23.8 Å². The quantitative estimate of drug-likeness (QED) is 0.184. The standard InChI is InChI=1S/C24H17ClF4N6O3/c1-37-20(36)6-3-13-9-14(11-30-22(13)38-2)16-12-31-23(32-15-4-5-18(26)17(25)10-15)33-21(16)35-8-7-19(34-35)24(27,28)29/h3-12H,1-2H3,(H,31,32,33). The van der Waals surface area contributed by atoms with Crippen molar-refractivity contribution in [3.63, 3.8) is 0 Å². The molecule has 0 aliphatic rings. The number of carbonyl (C=O) groups is 1. The number of pyridine rings is 1. The Morgan fingerprint density at radius 1 is 1.13 bits per heavy atom. The van der Waals surface area contributed by atoms with E-state index in [2.05, 4.69) is 30.1 Å². The second-order valence-corrected chi connectivity index (χ2v) is 7.91. The maximum absolute atomic E-state index is 13.5. The first kappa shape index (κ1) is 26.5. The van der Waals surface area contributed by atoms with Crippen LogP contribution in [0.5, 0.6) is 5.88 Å². The highest BCUT2D eigenvalue weighted by Gasteiger charge is 2.34. The maximum Gasteiger partial charge on any atom is 0.435 e. The second-order valence-electron chi connectivity index (χ2n) is 7.51. The van der Waals surface area contributed by atoms with Crippen LogP contribution in [-0.2, 0) is 15.7 Å². The van der Waals surface area contributed by atoms with Gasteiger partial charge in [-0.15, -0.1) is 0 Å². The fraction of sp³-hybridized carbons (Fsp3) is 0.125. The average Bonchev–Trinajstić information content (AvgIpc) is 3.40. The van der Waals surface area contributed by atoms with Crippen molar-refractivity contribution in [1.29, 1.82) is 0 Å². The normalized spacial score (nSPS) is 11.6. The van der Waals surface area contributed by atoms with Crippen molar-refractivity contribution >= 4 is 35.3 Å². The summed E-state index contributed by atoms with van der Waals surface area (Å²) in [6.07, 6.45) is 1.73. The van der Waals surface area contributed by atoms with E-state index in [4.69, 9.17) is 16.3 Å². The lowest BCUT2D eigenvalue weighted by Crippen LogP contribution is -2.10. The van der Waals surface area contributed by atoms with Gasteiger partial charge in [-0.05, 0) is 36.4 Å². The lowest BCUT2D eigenvalue weighted by atomic mass is 10.1. The predicted molar refractivity (Wildman–Crippen MR) is 130 cm³/mol. The minimum absolute atomic E-state index is 0.0252. The van der Waals surface area contributed by atoms with Crippen molar-refractivity contribution in [1.82, 2.24) is 24.7 Å². The van der Waals surface area contributed by atoms with Crippen molar-refractivity contribution in [3.8, 4) is 22.8 Å². The highest BCUT2D eigenvalue weighted by atomic mass is 35.5. The molecule has 0 saturated heterocycles. The Morgan fingerprint density at radius 3 is 2.58 bits per heavy atom. The van der Waals surface area contributed by atoms with E-state index in [0.717, 1.165) is 29.1 Å². The summed E-state index contributed by atoms with van der Waals surface area (Å²) in [6.45, 7) is 0. The van der Waals surface area contributed by atoms with Crippen LogP contribution in [0.15, 0.2) is 55.0 Å². The third kappa shape index (κ3) is 5.89. The molecule has 0 fully saturated rings. The number of carbonyl (C=O) groups excluding carboxylic acids is 1. The van der Waals surface area contributed by atoms with Crippen LogP contribution in [0.1, 0.15) is 11.3 Å². The maximum atomic E-state index is 13.5. The number of hydrogen-bond acceptors (Lipinski definition) is 8. The van der Waals surface area contributed by atoms with Gasteiger partial charge < -0.3 is 14.8 Å². The van der Waals surface area contributed by atoms with Crippen LogP contribution in [-0.4, -0.2) is 44.9 Å². The Balaban J connectivity index is 1.83. The van der Waals surface area contributed by atoms with Gasteiger partial charge in [0.2, 0.25) is 11.8 Å². The Kier molecular flexibility index (Phi) is 7.57. The molecule has 38 heavy (non-hydrogen) atoms. The highest BCUT2D eigenvalue weighted by Crippen LogP contribution is 2.32. The van der Waals surface area contributed by atoms with Crippen molar-refractivity contribution in [3.05, 3.63) is 77.1 Å². The van der Waals surface area contributed by atoms with E-state index in [9.17, 15) is 22.4 Å². The van der Waals surface area contributed by atoms with Gasteiger partial charge >= 0.3 is 12.1 Å². The largest absolute Gasteiger partial charge is 0.481 e. The molecule has 3 heterocycles. The SMILES string of the molecule is COC(=O)C=Cc1cc(-c2cnc(Nc3ccc(F)c(Cl)c3)nc2-n2ccc(C(F)(F)F)n2)cnc1OC. The van der Waals surface area contributed by atoms with Gasteiger partial charge in [-0.3, -0.25) is 0 Å². The van der Waals surface area contributed by atoms with Crippen LogP contribution >= 0.6 is 11.6 Å². The average molecular weight is 549 g/mol. The van der Waals surface area contributed by atoms with Crippen molar-refractivity contribution in [2.45, 2.75) is 6.18 Å². The van der Waals surface area contributed by atoms with Crippen LogP contribution < -0.4 is 10.1 Å². The lowest BCUT2D eigenvalue weighted by Gasteiger charge is -2.13. The van der Waals surface area contributed by atoms with E-state index < -0.39 is 23.7 Å². The van der Waals surface area contributed by atoms with Crippen LogP contribution in [0.3, 0.4) is 0 Å². The number of halogens is 5. The number of nitrogens with one attached hydrogen (secondary N) is 1. The summed E-state index contributed by atoms with van der Waals surface area (Å²) in [5, 5.41) is 6.31. The number of benzene rings is 1. The molecule has 0 spiro atoms.